The molecule has 3 amide bonds. The Kier molecular flexibility index (Phi) is 17.8. The van der Waals surface area contributed by atoms with Gasteiger partial charge in [-0.2, -0.15) is 0 Å². The van der Waals surface area contributed by atoms with Crippen molar-refractivity contribution in [3.63, 3.8) is 0 Å². The molecule has 0 saturated heterocycles. The largest absolute Gasteiger partial charge is 0.356 e. The fraction of sp³-hybridized carbons (Fsp3) is 0.463. The third-order valence-corrected chi connectivity index (χ3v) is 8.52. The van der Waals surface area contributed by atoms with E-state index in [1.54, 1.807) is 42.5 Å². The number of rotatable bonds is 23. The van der Waals surface area contributed by atoms with Crippen molar-refractivity contribution in [2.75, 3.05) is 17.2 Å². The summed E-state index contributed by atoms with van der Waals surface area (Å²) in [6.07, 6.45) is 17.2. The zero-order chi connectivity index (χ0) is 34.4. The Morgan fingerprint density at radius 3 is 1.81 bits per heavy atom. The number of nitrogens with one attached hydrogen (secondary N) is 3. The number of benzene rings is 3. The molecular formula is C41H55N3O4. The van der Waals surface area contributed by atoms with Gasteiger partial charge in [-0.3, -0.25) is 19.2 Å². The van der Waals surface area contributed by atoms with E-state index in [-0.39, 0.29) is 48.5 Å². The zero-order valence-electron chi connectivity index (χ0n) is 29.1. The summed E-state index contributed by atoms with van der Waals surface area (Å²) in [5.41, 5.74) is 3.55. The summed E-state index contributed by atoms with van der Waals surface area (Å²) in [5.74, 6) is -0.817. The van der Waals surface area contributed by atoms with Gasteiger partial charge in [-0.25, -0.2) is 0 Å². The minimum atomic E-state index is -0.273. The Balaban J connectivity index is 1.39. The lowest BCUT2D eigenvalue weighted by atomic mass is 10.0. The quantitative estimate of drug-likeness (QED) is 0.0701. The maximum atomic E-state index is 13.5. The van der Waals surface area contributed by atoms with E-state index < -0.39 is 0 Å². The number of anilines is 2. The molecule has 3 aromatic carbocycles. The highest BCUT2D eigenvalue weighted by atomic mass is 16.2. The summed E-state index contributed by atoms with van der Waals surface area (Å²) in [6.45, 7) is 4.49. The topological polar surface area (TPSA) is 104 Å². The van der Waals surface area contributed by atoms with Gasteiger partial charge < -0.3 is 16.0 Å². The Bertz CT molecular complexity index is 1420. The molecule has 0 fully saturated rings. The number of unbranched alkanes of at least 4 members (excludes halogenated alkanes) is 12. The molecule has 0 heterocycles. The van der Waals surface area contributed by atoms with Crippen LogP contribution in [-0.4, -0.2) is 30.0 Å². The molecule has 3 rings (SSSR count). The van der Waals surface area contributed by atoms with E-state index in [9.17, 15) is 19.2 Å². The molecule has 0 aliphatic carbocycles. The monoisotopic (exact) mass is 653 g/mol. The van der Waals surface area contributed by atoms with Crippen LogP contribution in [0.3, 0.4) is 0 Å². The number of aryl methyl sites for hydroxylation is 1. The summed E-state index contributed by atoms with van der Waals surface area (Å²) < 4.78 is 0. The van der Waals surface area contributed by atoms with Gasteiger partial charge in [-0.05, 0) is 37.1 Å². The van der Waals surface area contributed by atoms with E-state index >= 15 is 0 Å². The predicted molar refractivity (Wildman–Crippen MR) is 196 cm³/mol. The molecule has 7 nitrogen and oxygen atoms in total. The van der Waals surface area contributed by atoms with E-state index in [1.165, 1.54) is 64.2 Å². The third kappa shape index (κ3) is 15.1. The van der Waals surface area contributed by atoms with Gasteiger partial charge in [0, 0.05) is 36.2 Å². The summed E-state index contributed by atoms with van der Waals surface area (Å²) in [4.78, 5) is 51.3. The maximum absolute atomic E-state index is 13.5. The lowest BCUT2D eigenvalue weighted by molar-refractivity contribution is -0.121. The van der Waals surface area contributed by atoms with Crippen LogP contribution in [0.15, 0.2) is 72.8 Å². The summed E-state index contributed by atoms with van der Waals surface area (Å²) >= 11 is 0. The van der Waals surface area contributed by atoms with Gasteiger partial charge in [0.1, 0.15) is 0 Å². The normalized spacial score (nSPS) is 10.8. The van der Waals surface area contributed by atoms with Crippen LogP contribution in [0.1, 0.15) is 130 Å². The molecule has 0 radical (unpaired) electrons. The average molecular weight is 654 g/mol. The first-order valence-electron chi connectivity index (χ1n) is 18.0. The van der Waals surface area contributed by atoms with Crippen LogP contribution in [0.25, 0.3) is 0 Å². The first-order chi connectivity index (χ1) is 23.4. The minimum absolute atomic E-state index is 0.0349. The number of amides is 3. The van der Waals surface area contributed by atoms with Gasteiger partial charge in [0.15, 0.2) is 5.78 Å². The van der Waals surface area contributed by atoms with E-state index in [4.69, 9.17) is 0 Å². The van der Waals surface area contributed by atoms with Gasteiger partial charge in [-0.1, -0.05) is 144 Å². The summed E-state index contributed by atoms with van der Waals surface area (Å²) in [7, 11) is 0. The fourth-order valence-electron chi connectivity index (χ4n) is 5.68. The predicted octanol–water partition coefficient (Wildman–Crippen LogP) is 9.33. The van der Waals surface area contributed by atoms with Crippen LogP contribution in [0, 0.1) is 6.92 Å². The van der Waals surface area contributed by atoms with Gasteiger partial charge in [0.05, 0.1) is 12.1 Å². The minimum Gasteiger partial charge on any atom is -0.356 e. The van der Waals surface area contributed by atoms with Gasteiger partial charge >= 0.3 is 0 Å². The molecule has 3 aromatic rings. The standard InChI is InChI=1S/C41H55N3O4/c1-3-4-5-6-7-8-9-10-11-12-13-14-18-21-38(45)42-29-28-39(46)43-35-26-27-37(36(31-35)41(48)34-19-16-15-17-20-34)44-40(47)30-33-24-22-32(2)23-25-33/h15-17,19-20,22-27,31H,3-14,18,21,28-30H2,1-2H3,(H,42,45)(H,43,46)(H,44,47). The molecule has 3 N–H and O–H groups in total. The average Bonchev–Trinajstić information content (AvgIpc) is 3.08. The van der Waals surface area contributed by atoms with Crippen molar-refractivity contribution in [2.24, 2.45) is 0 Å². The molecule has 0 unspecified atom stereocenters. The second-order valence-electron chi connectivity index (χ2n) is 12.8. The van der Waals surface area contributed by atoms with E-state index in [1.807, 2.05) is 37.3 Å². The van der Waals surface area contributed by atoms with Crippen molar-refractivity contribution in [3.05, 3.63) is 95.1 Å². The number of carbonyl (C=O) groups is 4. The molecular weight excluding hydrogens is 598 g/mol. The van der Waals surface area contributed by atoms with Gasteiger partial charge in [0.25, 0.3) is 0 Å². The number of carbonyl (C=O) groups excluding carboxylic acids is 4. The maximum Gasteiger partial charge on any atom is 0.228 e. The highest BCUT2D eigenvalue weighted by Crippen LogP contribution is 2.24. The smallest absolute Gasteiger partial charge is 0.228 e. The van der Waals surface area contributed by atoms with Crippen molar-refractivity contribution in [2.45, 2.75) is 117 Å². The first-order valence-corrected chi connectivity index (χ1v) is 18.0. The van der Waals surface area contributed by atoms with Crippen molar-refractivity contribution in [3.8, 4) is 0 Å². The van der Waals surface area contributed by atoms with Gasteiger partial charge in [-0.15, -0.1) is 0 Å². The lowest BCUT2D eigenvalue weighted by Gasteiger charge is -2.14. The summed E-state index contributed by atoms with van der Waals surface area (Å²) in [5, 5.41) is 8.55. The Hall–Kier alpha value is -4.26. The van der Waals surface area contributed by atoms with Crippen LogP contribution in [0.5, 0.6) is 0 Å². The SMILES string of the molecule is CCCCCCCCCCCCCCCC(=O)NCCC(=O)Nc1ccc(NC(=O)Cc2ccc(C)cc2)c(C(=O)c2ccccc2)c1. The van der Waals surface area contributed by atoms with Crippen LogP contribution < -0.4 is 16.0 Å². The molecule has 0 atom stereocenters. The van der Waals surface area contributed by atoms with Crippen molar-refractivity contribution in [1.82, 2.24) is 5.32 Å². The molecule has 0 saturated carbocycles. The molecule has 0 spiro atoms. The van der Waals surface area contributed by atoms with Crippen LogP contribution in [0.4, 0.5) is 11.4 Å². The van der Waals surface area contributed by atoms with E-state index in [0.29, 0.717) is 23.4 Å². The number of hydrogen-bond acceptors (Lipinski definition) is 4. The molecule has 48 heavy (non-hydrogen) atoms. The highest BCUT2D eigenvalue weighted by Gasteiger charge is 2.17. The van der Waals surface area contributed by atoms with Gasteiger partial charge in [0.2, 0.25) is 17.7 Å². The lowest BCUT2D eigenvalue weighted by Crippen LogP contribution is -2.27. The van der Waals surface area contributed by atoms with Crippen LogP contribution in [-0.2, 0) is 20.8 Å². The second kappa shape index (κ2) is 22.3. The third-order valence-electron chi connectivity index (χ3n) is 8.52. The molecule has 0 bridgehead atoms. The number of ketones is 1. The zero-order valence-corrected chi connectivity index (χ0v) is 29.1. The fourth-order valence-corrected chi connectivity index (χ4v) is 5.68. The Morgan fingerprint density at radius 2 is 1.19 bits per heavy atom. The molecule has 258 valence electrons. The Labute approximate surface area is 287 Å². The highest BCUT2D eigenvalue weighted by molar-refractivity contribution is 6.14. The van der Waals surface area contributed by atoms with E-state index in [0.717, 1.165) is 30.4 Å². The van der Waals surface area contributed by atoms with E-state index in [2.05, 4.69) is 22.9 Å². The van der Waals surface area contributed by atoms with Crippen LogP contribution >= 0.6 is 0 Å². The van der Waals surface area contributed by atoms with Crippen LogP contribution in [0.2, 0.25) is 0 Å². The van der Waals surface area contributed by atoms with Crippen molar-refractivity contribution < 1.29 is 19.2 Å². The molecule has 0 aliphatic heterocycles. The molecule has 0 aliphatic rings. The van der Waals surface area contributed by atoms with Crippen molar-refractivity contribution in [1.29, 1.82) is 0 Å². The second-order valence-corrected chi connectivity index (χ2v) is 12.8. The first kappa shape index (κ1) is 38.2. The Morgan fingerprint density at radius 1 is 0.583 bits per heavy atom. The summed E-state index contributed by atoms with van der Waals surface area (Å²) in [6, 6.07) is 21.4. The van der Waals surface area contributed by atoms with Crippen molar-refractivity contribution >= 4 is 34.9 Å². The number of hydrogen-bond donors (Lipinski definition) is 3. The molecule has 7 heteroatoms. The molecule has 0 aromatic heterocycles.